The number of anilines is 1. The zero-order valence-corrected chi connectivity index (χ0v) is 22.2. The van der Waals surface area contributed by atoms with Crippen LogP contribution in [0, 0.1) is 16.7 Å². The number of thiazole rings is 1. The standard InChI is InChI=1S/C26H41N3O5S/c1-4-5-6-7-21(32)27-24-28-23-17(14-22(33)29-10-12-34-13-11-29)25(2)9-8-20(31)26(3,16-30)19(25)15-18(23)35-24/h17,19-20,30-31H,4-16H2,1-3H3,(H,27,28,32). The maximum atomic E-state index is 13.4. The number of ether oxygens (including phenoxy) is 1. The minimum absolute atomic E-state index is 0.00675. The molecule has 0 spiro atoms. The molecule has 3 aliphatic rings. The van der Waals surface area contributed by atoms with E-state index in [1.807, 2.05) is 11.8 Å². The van der Waals surface area contributed by atoms with Gasteiger partial charge in [0.1, 0.15) is 0 Å². The monoisotopic (exact) mass is 507 g/mol. The summed E-state index contributed by atoms with van der Waals surface area (Å²) < 4.78 is 5.43. The first kappa shape index (κ1) is 26.5. The molecule has 5 atom stereocenters. The zero-order valence-electron chi connectivity index (χ0n) is 21.3. The van der Waals surface area contributed by atoms with Crippen LogP contribution in [0.5, 0.6) is 0 Å². The fraction of sp³-hybridized carbons (Fsp3) is 0.808. The fourth-order valence-corrected chi connectivity index (χ4v) is 7.62. The number of nitrogens with one attached hydrogen (secondary N) is 1. The number of fused-ring (bicyclic) bond motifs is 2. The van der Waals surface area contributed by atoms with Crippen LogP contribution in [0.1, 0.15) is 82.2 Å². The van der Waals surface area contributed by atoms with Crippen LogP contribution in [0.15, 0.2) is 0 Å². The fourth-order valence-electron chi connectivity index (χ4n) is 6.53. The summed E-state index contributed by atoms with van der Waals surface area (Å²) >= 11 is 1.48. The minimum atomic E-state index is -0.654. The van der Waals surface area contributed by atoms with Gasteiger partial charge in [0.15, 0.2) is 5.13 Å². The maximum Gasteiger partial charge on any atom is 0.226 e. The van der Waals surface area contributed by atoms with Crippen molar-refractivity contribution >= 4 is 28.3 Å². The number of carbonyl (C=O) groups excluding carboxylic acids is 2. The SMILES string of the molecule is CCCCCC(=O)Nc1nc2c(s1)CC1C(C)(CO)C(O)CCC1(C)C2CC(=O)N1CCOCC1. The number of carbonyl (C=O) groups is 2. The van der Waals surface area contributed by atoms with Crippen molar-refractivity contribution in [1.29, 1.82) is 0 Å². The van der Waals surface area contributed by atoms with E-state index >= 15 is 0 Å². The zero-order chi connectivity index (χ0) is 25.2. The van der Waals surface area contributed by atoms with Crippen molar-refractivity contribution in [3.63, 3.8) is 0 Å². The number of rotatable bonds is 8. The molecule has 1 aromatic rings. The van der Waals surface area contributed by atoms with E-state index in [1.54, 1.807) is 0 Å². The van der Waals surface area contributed by atoms with Crippen LogP contribution in [-0.4, -0.2) is 70.9 Å². The molecule has 1 aromatic heterocycles. The first-order valence-electron chi connectivity index (χ1n) is 13.2. The normalized spacial score (nSPS) is 32.6. The van der Waals surface area contributed by atoms with Crippen LogP contribution in [0.4, 0.5) is 5.13 Å². The third kappa shape index (κ3) is 5.15. The van der Waals surface area contributed by atoms with Crippen LogP contribution in [-0.2, 0) is 20.7 Å². The van der Waals surface area contributed by atoms with Crippen molar-refractivity contribution in [2.75, 3.05) is 38.2 Å². The number of unbranched alkanes of at least 4 members (excludes halogenated alkanes) is 2. The summed E-state index contributed by atoms with van der Waals surface area (Å²) in [5.74, 6) is -0.0508. The van der Waals surface area contributed by atoms with Gasteiger partial charge < -0.3 is 25.2 Å². The maximum absolute atomic E-state index is 13.4. The molecule has 9 heteroatoms. The summed E-state index contributed by atoms with van der Waals surface area (Å²) in [6, 6.07) is 0. The second kappa shape index (κ2) is 10.8. The largest absolute Gasteiger partial charge is 0.396 e. The molecular weight excluding hydrogens is 466 g/mol. The van der Waals surface area contributed by atoms with Crippen molar-refractivity contribution < 1.29 is 24.5 Å². The average molecular weight is 508 g/mol. The summed E-state index contributed by atoms with van der Waals surface area (Å²) in [6.45, 7) is 8.50. The van der Waals surface area contributed by atoms with Crippen molar-refractivity contribution in [2.45, 2.75) is 84.2 Å². The molecule has 5 unspecified atom stereocenters. The smallest absolute Gasteiger partial charge is 0.226 e. The number of aliphatic hydroxyl groups excluding tert-OH is 2. The van der Waals surface area contributed by atoms with Gasteiger partial charge in [-0.3, -0.25) is 9.59 Å². The first-order valence-corrected chi connectivity index (χ1v) is 14.0. The van der Waals surface area contributed by atoms with E-state index in [0.717, 1.165) is 36.3 Å². The molecule has 2 aliphatic carbocycles. The molecule has 4 rings (SSSR count). The van der Waals surface area contributed by atoms with Gasteiger partial charge >= 0.3 is 0 Å². The Kier molecular flexibility index (Phi) is 8.20. The predicted octanol–water partition coefficient (Wildman–Crippen LogP) is 3.33. The molecule has 2 heterocycles. The highest BCUT2D eigenvalue weighted by Crippen LogP contribution is 2.62. The van der Waals surface area contributed by atoms with Gasteiger partial charge in [-0.1, -0.05) is 33.6 Å². The number of nitrogens with zero attached hydrogens (tertiary/aromatic N) is 2. The topological polar surface area (TPSA) is 112 Å². The number of aliphatic hydroxyl groups is 2. The van der Waals surface area contributed by atoms with E-state index in [-0.39, 0.29) is 35.7 Å². The predicted molar refractivity (Wildman–Crippen MR) is 135 cm³/mol. The van der Waals surface area contributed by atoms with Gasteiger partial charge in [0.05, 0.1) is 31.6 Å². The van der Waals surface area contributed by atoms with Gasteiger partial charge in [0.25, 0.3) is 0 Å². The number of hydrogen-bond donors (Lipinski definition) is 3. The van der Waals surface area contributed by atoms with Crippen LogP contribution >= 0.6 is 11.3 Å². The van der Waals surface area contributed by atoms with Crippen LogP contribution in [0.25, 0.3) is 0 Å². The Morgan fingerprint density at radius 2 is 2.00 bits per heavy atom. The molecule has 1 aliphatic heterocycles. The summed E-state index contributed by atoms with van der Waals surface area (Å²) in [5, 5.41) is 24.9. The molecule has 196 valence electrons. The first-order chi connectivity index (χ1) is 16.7. The molecule has 0 bridgehead atoms. The third-order valence-electron chi connectivity index (χ3n) is 8.89. The van der Waals surface area contributed by atoms with Gasteiger partial charge in [-0.05, 0) is 37.0 Å². The highest BCUT2D eigenvalue weighted by molar-refractivity contribution is 7.15. The molecule has 0 radical (unpaired) electrons. The average Bonchev–Trinajstić information content (AvgIpc) is 3.25. The molecular formula is C26H41N3O5S. The Hall–Kier alpha value is -1.55. The number of morpholine rings is 1. The van der Waals surface area contributed by atoms with Crippen molar-refractivity contribution in [2.24, 2.45) is 16.7 Å². The van der Waals surface area contributed by atoms with Crippen LogP contribution < -0.4 is 5.32 Å². The lowest BCUT2D eigenvalue weighted by atomic mass is 9.47. The van der Waals surface area contributed by atoms with E-state index in [9.17, 15) is 19.8 Å². The summed E-state index contributed by atoms with van der Waals surface area (Å²) in [4.78, 5) is 33.7. The lowest BCUT2D eigenvalue weighted by Crippen LogP contribution is -2.58. The van der Waals surface area contributed by atoms with Gasteiger partial charge in [-0.15, -0.1) is 11.3 Å². The summed E-state index contributed by atoms with van der Waals surface area (Å²) in [5.41, 5.74) is -0.0309. The molecule has 3 N–H and O–H groups in total. The van der Waals surface area contributed by atoms with Gasteiger partial charge in [0.2, 0.25) is 11.8 Å². The minimum Gasteiger partial charge on any atom is -0.396 e. The van der Waals surface area contributed by atoms with E-state index < -0.39 is 11.5 Å². The Bertz CT molecular complexity index is 917. The summed E-state index contributed by atoms with van der Waals surface area (Å²) in [6.07, 6.45) is 5.22. The lowest BCUT2D eigenvalue weighted by Gasteiger charge is -2.58. The number of aromatic nitrogens is 1. The summed E-state index contributed by atoms with van der Waals surface area (Å²) in [7, 11) is 0. The molecule has 0 aromatic carbocycles. The Morgan fingerprint density at radius 1 is 1.26 bits per heavy atom. The van der Waals surface area contributed by atoms with Gasteiger partial charge in [0, 0.05) is 42.1 Å². The molecule has 1 saturated heterocycles. The molecule has 8 nitrogen and oxygen atoms in total. The van der Waals surface area contributed by atoms with Crippen LogP contribution in [0.3, 0.4) is 0 Å². The third-order valence-corrected chi connectivity index (χ3v) is 9.90. The second-order valence-electron chi connectivity index (χ2n) is 11.1. The lowest BCUT2D eigenvalue weighted by molar-refractivity contribution is -0.149. The number of amides is 2. The molecule has 1 saturated carbocycles. The van der Waals surface area contributed by atoms with E-state index in [0.29, 0.717) is 57.1 Å². The van der Waals surface area contributed by atoms with E-state index in [2.05, 4.69) is 19.2 Å². The highest BCUT2D eigenvalue weighted by atomic mass is 32.1. The quantitative estimate of drug-likeness (QED) is 0.466. The van der Waals surface area contributed by atoms with Gasteiger partial charge in [-0.25, -0.2) is 4.98 Å². The Labute approximate surface area is 212 Å². The second-order valence-corrected chi connectivity index (χ2v) is 12.1. The van der Waals surface area contributed by atoms with E-state index in [4.69, 9.17) is 9.72 Å². The van der Waals surface area contributed by atoms with Crippen molar-refractivity contribution in [1.82, 2.24) is 9.88 Å². The Balaban J connectivity index is 1.65. The molecule has 2 fully saturated rings. The molecule has 2 amide bonds. The van der Waals surface area contributed by atoms with Gasteiger partial charge in [-0.2, -0.15) is 0 Å². The van der Waals surface area contributed by atoms with Crippen molar-refractivity contribution in [3.05, 3.63) is 10.6 Å². The van der Waals surface area contributed by atoms with E-state index in [1.165, 1.54) is 11.3 Å². The molecule has 35 heavy (non-hydrogen) atoms. The van der Waals surface area contributed by atoms with Crippen LogP contribution in [0.2, 0.25) is 0 Å². The highest BCUT2D eigenvalue weighted by Gasteiger charge is 2.59. The Morgan fingerprint density at radius 3 is 2.69 bits per heavy atom. The van der Waals surface area contributed by atoms with Crippen molar-refractivity contribution in [3.8, 4) is 0 Å². The number of hydrogen-bond acceptors (Lipinski definition) is 7.